The molecule has 47 heavy (non-hydrogen) atoms. The van der Waals surface area contributed by atoms with E-state index in [0.29, 0.717) is 5.56 Å². The van der Waals surface area contributed by atoms with Gasteiger partial charge < -0.3 is 25.5 Å². The Morgan fingerprint density at radius 2 is 1.72 bits per heavy atom. The number of rotatable bonds is 11. The third kappa shape index (κ3) is 9.08. The van der Waals surface area contributed by atoms with Crippen molar-refractivity contribution in [2.45, 2.75) is 77.3 Å². The Kier molecular flexibility index (Phi) is 10.7. The van der Waals surface area contributed by atoms with Crippen molar-refractivity contribution in [3.63, 3.8) is 0 Å². The van der Waals surface area contributed by atoms with Gasteiger partial charge in [0.05, 0.1) is 29.0 Å². The number of halogens is 8. The van der Waals surface area contributed by atoms with E-state index in [4.69, 9.17) is 4.74 Å². The molecule has 1 aliphatic rings. The number of aromatic nitrogens is 3. The number of carbonyl (C=O) groups excluding carboxylic acids is 2. The predicted octanol–water partition coefficient (Wildman–Crippen LogP) is 5.70. The van der Waals surface area contributed by atoms with Crippen molar-refractivity contribution in [3.8, 4) is 5.88 Å². The van der Waals surface area contributed by atoms with E-state index < -0.39 is 79.0 Å². The third-order valence-electron chi connectivity index (χ3n) is 7.90. The van der Waals surface area contributed by atoms with E-state index in [2.05, 4.69) is 25.6 Å². The smallest absolute Gasteiger partial charge is 0.416 e. The highest BCUT2D eigenvalue weighted by atomic mass is 19.4. The molecule has 0 aliphatic heterocycles. The summed E-state index contributed by atoms with van der Waals surface area (Å²) in [6.45, 7) is 1.28. The average molecular weight is 680 g/mol. The Labute approximate surface area is 263 Å². The van der Waals surface area contributed by atoms with Crippen molar-refractivity contribution in [1.29, 1.82) is 0 Å². The van der Waals surface area contributed by atoms with Gasteiger partial charge in [0.2, 0.25) is 11.8 Å². The molecule has 4 rings (SSSR count). The molecular weight excluding hydrogens is 646 g/mol. The number of ether oxygens (including phenoxy) is 1. The summed E-state index contributed by atoms with van der Waals surface area (Å²) in [4.78, 5) is 36.5. The summed E-state index contributed by atoms with van der Waals surface area (Å²) in [5.41, 5.74) is -2.37. The Morgan fingerprint density at radius 3 is 2.32 bits per heavy atom. The number of hydrogen-bond acceptors (Lipinski definition) is 6. The lowest BCUT2D eigenvalue weighted by atomic mass is 9.85. The van der Waals surface area contributed by atoms with Crippen molar-refractivity contribution in [2.24, 2.45) is 11.3 Å². The van der Waals surface area contributed by atoms with Crippen LogP contribution in [0.15, 0.2) is 24.3 Å². The van der Waals surface area contributed by atoms with Gasteiger partial charge in [0.1, 0.15) is 11.4 Å². The molecular formula is C30H33F8N5O4. The normalized spacial score (nSPS) is 17.6. The number of alkyl halides is 8. The maximum Gasteiger partial charge on any atom is 0.416 e. The number of nitrogens with zero attached hydrogens (tertiary/aromatic N) is 2. The SMILES string of the molecule is CC(C)(CO)C(=O)NCc1ccc(C(F)(F)F)c(Cc2nc3nc(OCC(F)F)c(C(=O)NC4CCC(C(F)(F)F)CC4)cc3[nH]2)c1. The second-order valence-corrected chi connectivity index (χ2v) is 12.1. The molecule has 258 valence electrons. The number of carbonyl (C=O) groups is 2. The highest BCUT2D eigenvalue weighted by molar-refractivity contribution is 5.99. The summed E-state index contributed by atoms with van der Waals surface area (Å²) in [6.07, 6.45) is -12.8. The van der Waals surface area contributed by atoms with Crippen LogP contribution in [0.25, 0.3) is 11.2 Å². The first kappa shape index (κ1) is 35.8. The molecule has 2 aromatic heterocycles. The Morgan fingerprint density at radius 1 is 1.04 bits per heavy atom. The Hall–Kier alpha value is -4.02. The monoisotopic (exact) mass is 679 g/mol. The summed E-state index contributed by atoms with van der Waals surface area (Å²) in [5, 5.41) is 14.5. The predicted molar refractivity (Wildman–Crippen MR) is 152 cm³/mol. The van der Waals surface area contributed by atoms with Crippen molar-refractivity contribution in [2.75, 3.05) is 13.2 Å². The molecule has 4 N–H and O–H groups in total. The zero-order chi connectivity index (χ0) is 34.7. The molecule has 2 heterocycles. The first-order chi connectivity index (χ1) is 21.9. The van der Waals surface area contributed by atoms with Crippen molar-refractivity contribution in [1.82, 2.24) is 25.6 Å². The number of imidazole rings is 1. The molecule has 0 radical (unpaired) electrons. The molecule has 0 unspecified atom stereocenters. The summed E-state index contributed by atoms with van der Waals surface area (Å²) >= 11 is 0. The average Bonchev–Trinajstić information content (AvgIpc) is 3.38. The van der Waals surface area contributed by atoms with E-state index >= 15 is 0 Å². The minimum atomic E-state index is -4.75. The maximum atomic E-state index is 13.9. The molecule has 1 fully saturated rings. The summed E-state index contributed by atoms with van der Waals surface area (Å²) in [5.74, 6) is -3.39. The number of fused-ring (bicyclic) bond motifs is 1. The maximum absolute atomic E-state index is 13.9. The van der Waals surface area contributed by atoms with E-state index in [-0.39, 0.29) is 60.3 Å². The second kappa shape index (κ2) is 14.0. The van der Waals surface area contributed by atoms with Gasteiger partial charge in [-0.05, 0) is 62.8 Å². The van der Waals surface area contributed by atoms with Crippen LogP contribution in [-0.4, -0.2) is 63.7 Å². The zero-order valence-corrected chi connectivity index (χ0v) is 25.3. The molecule has 3 aromatic rings. The molecule has 0 saturated heterocycles. The minimum absolute atomic E-state index is 0.0246. The first-order valence-electron chi connectivity index (χ1n) is 14.6. The fraction of sp³-hybridized carbons (Fsp3) is 0.533. The number of benzene rings is 1. The van der Waals surface area contributed by atoms with E-state index in [0.717, 1.165) is 6.07 Å². The van der Waals surface area contributed by atoms with Crippen molar-refractivity contribution < 1.29 is 54.6 Å². The lowest BCUT2D eigenvalue weighted by Gasteiger charge is -2.30. The molecule has 2 amide bonds. The van der Waals surface area contributed by atoms with Gasteiger partial charge in [-0.2, -0.15) is 31.3 Å². The van der Waals surface area contributed by atoms with Crippen molar-refractivity contribution in [3.05, 3.63) is 52.3 Å². The number of aromatic amines is 1. The second-order valence-electron chi connectivity index (χ2n) is 12.1. The highest BCUT2D eigenvalue weighted by Gasteiger charge is 2.41. The molecule has 17 heteroatoms. The Balaban J connectivity index is 1.60. The van der Waals surface area contributed by atoms with Crippen LogP contribution in [0.4, 0.5) is 35.1 Å². The van der Waals surface area contributed by atoms with E-state index in [1.54, 1.807) is 0 Å². The zero-order valence-electron chi connectivity index (χ0n) is 25.3. The molecule has 0 atom stereocenters. The Bertz CT molecular complexity index is 1580. The number of hydrogen-bond donors (Lipinski definition) is 4. The molecule has 1 aliphatic carbocycles. The van der Waals surface area contributed by atoms with E-state index in [1.165, 1.54) is 32.0 Å². The first-order valence-corrected chi connectivity index (χ1v) is 14.6. The van der Waals surface area contributed by atoms with Gasteiger partial charge in [-0.3, -0.25) is 9.59 Å². The van der Waals surface area contributed by atoms with Crippen LogP contribution < -0.4 is 15.4 Å². The number of nitrogens with one attached hydrogen (secondary N) is 3. The standard InChI is InChI=1S/C30H33F8N5O4/c1-28(2,14-44)27(46)39-12-15-3-8-20(30(36,37)38)16(9-15)10-23-41-21-11-19(26(43-24(21)42-23)47-13-22(31)32)25(45)40-18-6-4-17(5-7-18)29(33,34)35/h3,8-9,11,17-18,22,44H,4-7,10,12-14H2,1-2H3,(H,39,46)(H,40,45)(H,41,42,43). The quantitative estimate of drug-likeness (QED) is 0.193. The van der Waals surface area contributed by atoms with Gasteiger partial charge in [-0.15, -0.1) is 0 Å². The van der Waals surface area contributed by atoms with Gasteiger partial charge in [-0.25, -0.2) is 13.8 Å². The fourth-order valence-electron chi connectivity index (χ4n) is 5.16. The van der Waals surface area contributed by atoms with Gasteiger partial charge in [0, 0.05) is 19.0 Å². The number of aliphatic hydroxyl groups is 1. The molecule has 1 saturated carbocycles. The van der Waals surface area contributed by atoms with Gasteiger partial charge >= 0.3 is 12.4 Å². The minimum Gasteiger partial charge on any atom is -0.471 e. The lowest BCUT2D eigenvalue weighted by molar-refractivity contribution is -0.182. The number of pyridine rings is 1. The van der Waals surface area contributed by atoms with Gasteiger partial charge in [0.25, 0.3) is 12.3 Å². The molecule has 9 nitrogen and oxygen atoms in total. The van der Waals surface area contributed by atoms with E-state index in [9.17, 15) is 49.8 Å². The van der Waals surface area contributed by atoms with Crippen LogP contribution >= 0.6 is 0 Å². The summed E-state index contributed by atoms with van der Waals surface area (Å²) in [7, 11) is 0. The largest absolute Gasteiger partial charge is 0.471 e. The van der Waals surface area contributed by atoms with Crippen LogP contribution in [0.3, 0.4) is 0 Å². The third-order valence-corrected chi connectivity index (χ3v) is 7.90. The van der Waals surface area contributed by atoms with Crippen LogP contribution in [0.5, 0.6) is 5.88 Å². The van der Waals surface area contributed by atoms with Gasteiger partial charge in [0.15, 0.2) is 12.3 Å². The summed E-state index contributed by atoms with van der Waals surface area (Å²) < 4.78 is 112. The lowest BCUT2D eigenvalue weighted by Crippen LogP contribution is -2.40. The van der Waals surface area contributed by atoms with E-state index in [1.807, 2.05) is 0 Å². The van der Waals surface area contributed by atoms with Crippen LogP contribution in [0.1, 0.15) is 72.4 Å². The topological polar surface area (TPSA) is 129 Å². The summed E-state index contributed by atoms with van der Waals surface area (Å²) in [6, 6.07) is 3.85. The molecule has 1 aromatic carbocycles. The van der Waals surface area contributed by atoms with Crippen molar-refractivity contribution >= 4 is 23.0 Å². The van der Waals surface area contributed by atoms with Crippen LogP contribution in [-0.2, 0) is 23.9 Å². The number of H-pyrrole nitrogens is 1. The van der Waals surface area contributed by atoms with Gasteiger partial charge in [-0.1, -0.05) is 12.1 Å². The number of amides is 2. The number of aliphatic hydroxyl groups excluding tert-OH is 1. The highest BCUT2D eigenvalue weighted by Crippen LogP contribution is 2.38. The molecule has 0 bridgehead atoms. The fourth-order valence-corrected chi connectivity index (χ4v) is 5.16. The van der Waals surface area contributed by atoms with Crippen LogP contribution in [0.2, 0.25) is 0 Å². The van der Waals surface area contributed by atoms with Crippen LogP contribution in [0, 0.1) is 11.3 Å². The molecule has 0 spiro atoms.